The Bertz CT molecular complexity index is 126. The number of carbonyl (C=O) groups excluding carboxylic acids is 1. The second-order valence-electron chi connectivity index (χ2n) is 3.90. The van der Waals surface area contributed by atoms with Gasteiger partial charge in [-0.2, -0.15) is 0 Å². The van der Waals surface area contributed by atoms with Crippen molar-refractivity contribution < 1.29 is 6.22 Å². The van der Waals surface area contributed by atoms with Crippen LogP contribution in [0.25, 0.3) is 0 Å². The first-order valence-corrected chi connectivity index (χ1v) is 7.43. The van der Waals surface area contributed by atoms with Gasteiger partial charge in [0.1, 0.15) is 0 Å². The largest absolute Gasteiger partial charge is 0.356 e. The summed E-state index contributed by atoms with van der Waals surface area (Å²) in [5.41, 5.74) is 0. The highest BCUT2D eigenvalue weighted by molar-refractivity contribution is 5.72. The molecule has 0 saturated heterocycles. The van der Waals surface area contributed by atoms with E-state index in [2.05, 4.69) is 26.1 Å². The number of hydrogen-bond donors (Lipinski definition) is 1. The zero-order valence-electron chi connectivity index (χ0n) is 13.1. The van der Waals surface area contributed by atoms with Gasteiger partial charge in [0.15, 0.2) is 0 Å². The molecule has 0 fully saturated rings. The minimum absolute atomic E-state index is 0. The van der Waals surface area contributed by atoms with Gasteiger partial charge in [-0.15, -0.1) is 0 Å². The summed E-state index contributed by atoms with van der Waals surface area (Å²) in [6, 6.07) is 0. The molecule has 0 aromatic heterocycles. The summed E-state index contributed by atoms with van der Waals surface area (Å²) in [7, 11) is 0. The fourth-order valence-corrected chi connectivity index (χ4v) is 1.12. The molecule has 0 aliphatic rings. The molecule has 0 aliphatic heterocycles. The Labute approximate surface area is 111 Å². The molecule has 2 heteroatoms. The van der Waals surface area contributed by atoms with Crippen molar-refractivity contribution in [2.75, 3.05) is 6.54 Å². The SMILES string of the molecule is CC.CCCCCCC.CCCCNC(C)=O.[HH]. The first-order valence-electron chi connectivity index (χ1n) is 7.43. The number of hydrogen-bond acceptors (Lipinski definition) is 1. The number of rotatable bonds is 7. The normalized spacial score (nSPS) is 8.35. The van der Waals surface area contributed by atoms with Crippen molar-refractivity contribution in [3.8, 4) is 0 Å². The van der Waals surface area contributed by atoms with Crippen LogP contribution in [0.4, 0.5) is 0 Å². The van der Waals surface area contributed by atoms with E-state index < -0.39 is 0 Å². The number of amides is 1. The average Bonchev–Trinajstić information content (AvgIpc) is 2.33. The highest BCUT2D eigenvalue weighted by Crippen LogP contribution is 2.00. The Kier molecular flexibility index (Phi) is 31.5. The quantitative estimate of drug-likeness (QED) is 0.618. The van der Waals surface area contributed by atoms with Crippen LogP contribution in [0.3, 0.4) is 0 Å². The molecule has 0 aromatic rings. The Morgan fingerprint density at radius 3 is 1.59 bits per heavy atom. The highest BCUT2D eigenvalue weighted by Gasteiger charge is 1.85. The van der Waals surface area contributed by atoms with Gasteiger partial charge >= 0.3 is 0 Å². The molecule has 0 rings (SSSR count). The van der Waals surface area contributed by atoms with E-state index in [1.807, 2.05) is 13.8 Å². The molecule has 0 saturated carbocycles. The summed E-state index contributed by atoms with van der Waals surface area (Å²) < 4.78 is 0. The van der Waals surface area contributed by atoms with Crippen LogP contribution in [-0.2, 0) is 4.79 Å². The maximum atomic E-state index is 10.2. The number of unbranched alkanes of at least 4 members (excludes halogenated alkanes) is 5. The Morgan fingerprint density at radius 1 is 0.882 bits per heavy atom. The number of nitrogens with one attached hydrogen (secondary N) is 1. The molecule has 0 spiro atoms. The van der Waals surface area contributed by atoms with E-state index in [0.717, 1.165) is 19.4 Å². The van der Waals surface area contributed by atoms with Crippen LogP contribution in [-0.4, -0.2) is 12.5 Å². The van der Waals surface area contributed by atoms with E-state index in [1.165, 1.54) is 39.0 Å². The van der Waals surface area contributed by atoms with E-state index >= 15 is 0 Å². The summed E-state index contributed by atoms with van der Waals surface area (Å²) in [5.74, 6) is 0.0680. The average molecular weight is 247 g/mol. The van der Waals surface area contributed by atoms with E-state index in [0.29, 0.717) is 0 Å². The lowest BCUT2D eigenvalue weighted by Crippen LogP contribution is -2.20. The molecule has 0 radical (unpaired) electrons. The third-order valence-corrected chi connectivity index (χ3v) is 2.11. The Morgan fingerprint density at radius 2 is 1.29 bits per heavy atom. The van der Waals surface area contributed by atoms with Crippen LogP contribution in [0.5, 0.6) is 0 Å². The van der Waals surface area contributed by atoms with Gasteiger partial charge in [-0.3, -0.25) is 4.79 Å². The lowest BCUT2D eigenvalue weighted by atomic mass is 10.2. The van der Waals surface area contributed by atoms with Crippen molar-refractivity contribution in [1.82, 2.24) is 5.32 Å². The highest BCUT2D eigenvalue weighted by atomic mass is 16.1. The van der Waals surface area contributed by atoms with Crippen LogP contribution < -0.4 is 5.32 Å². The van der Waals surface area contributed by atoms with E-state index in [9.17, 15) is 4.79 Å². The van der Waals surface area contributed by atoms with E-state index in [4.69, 9.17) is 0 Å². The molecular formula is C15H37NO. The zero-order valence-corrected chi connectivity index (χ0v) is 13.1. The third-order valence-electron chi connectivity index (χ3n) is 2.11. The molecule has 0 unspecified atom stereocenters. The third kappa shape index (κ3) is 39.1. The maximum Gasteiger partial charge on any atom is 0.216 e. The van der Waals surface area contributed by atoms with E-state index in [1.54, 1.807) is 0 Å². The predicted octanol–water partition coefficient (Wildman–Crippen LogP) is 5.17. The topological polar surface area (TPSA) is 29.1 Å². The molecule has 17 heavy (non-hydrogen) atoms. The van der Waals surface area contributed by atoms with Gasteiger partial charge in [0.05, 0.1) is 0 Å². The number of carbonyl (C=O) groups is 1. The molecule has 2 nitrogen and oxygen atoms in total. The van der Waals surface area contributed by atoms with Crippen molar-refractivity contribution in [2.45, 2.75) is 86.5 Å². The first kappa shape index (κ1) is 21.7. The minimum Gasteiger partial charge on any atom is -0.356 e. The standard InChI is InChI=1S/C7H16.C6H13NO.C2H6.H2/c1-3-5-7-6-4-2;1-3-4-5-7-6(2)8;1-2;/h3-7H2,1-2H3;3-5H2,1-2H3,(H,7,8);1-2H3;1H. The minimum atomic E-state index is 0. The smallest absolute Gasteiger partial charge is 0.216 e. The van der Waals surface area contributed by atoms with Crippen molar-refractivity contribution >= 4 is 5.91 Å². The summed E-state index contributed by atoms with van der Waals surface area (Å²) in [6.07, 6.45) is 9.23. The molecule has 0 atom stereocenters. The summed E-state index contributed by atoms with van der Waals surface area (Å²) in [5, 5.41) is 2.71. The van der Waals surface area contributed by atoms with Gasteiger partial charge in [0.2, 0.25) is 5.91 Å². The second kappa shape index (κ2) is 24.6. The zero-order chi connectivity index (χ0) is 13.9. The van der Waals surface area contributed by atoms with Crippen LogP contribution in [0.1, 0.15) is 87.9 Å². The summed E-state index contributed by atoms with van der Waals surface area (Å²) in [4.78, 5) is 10.2. The summed E-state index contributed by atoms with van der Waals surface area (Å²) >= 11 is 0. The molecule has 108 valence electrons. The fraction of sp³-hybridized carbons (Fsp3) is 0.933. The molecule has 0 bridgehead atoms. The van der Waals surface area contributed by atoms with Gasteiger partial charge in [-0.25, -0.2) is 0 Å². The van der Waals surface area contributed by atoms with Gasteiger partial charge in [-0.1, -0.05) is 73.1 Å². The first-order chi connectivity index (χ1) is 8.18. The van der Waals surface area contributed by atoms with E-state index in [-0.39, 0.29) is 7.33 Å². The molecular weight excluding hydrogens is 210 g/mol. The molecule has 1 amide bonds. The molecule has 0 aliphatic carbocycles. The molecule has 0 heterocycles. The Hall–Kier alpha value is -0.530. The van der Waals surface area contributed by atoms with Gasteiger partial charge < -0.3 is 5.32 Å². The second-order valence-corrected chi connectivity index (χ2v) is 3.90. The monoisotopic (exact) mass is 247 g/mol. The van der Waals surface area contributed by atoms with Crippen molar-refractivity contribution in [3.05, 3.63) is 0 Å². The van der Waals surface area contributed by atoms with Crippen LogP contribution in [0.2, 0.25) is 0 Å². The van der Waals surface area contributed by atoms with Crippen molar-refractivity contribution in [1.29, 1.82) is 0 Å². The molecule has 0 aromatic carbocycles. The van der Waals surface area contributed by atoms with Crippen LogP contribution >= 0.6 is 0 Å². The lowest BCUT2D eigenvalue weighted by molar-refractivity contribution is -0.118. The maximum absolute atomic E-state index is 10.2. The van der Waals surface area contributed by atoms with Gasteiger partial charge in [0.25, 0.3) is 0 Å². The van der Waals surface area contributed by atoms with Crippen molar-refractivity contribution in [3.63, 3.8) is 0 Å². The van der Waals surface area contributed by atoms with Crippen molar-refractivity contribution in [2.24, 2.45) is 0 Å². The molecule has 1 N–H and O–H groups in total. The predicted molar refractivity (Wildman–Crippen MR) is 81.5 cm³/mol. The lowest BCUT2D eigenvalue weighted by Gasteiger charge is -1.96. The van der Waals surface area contributed by atoms with Crippen LogP contribution in [0.15, 0.2) is 0 Å². The van der Waals surface area contributed by atoms with Gasteiger partial charge in [0, 0.05) is 14.9 Å². The Balaban J connectivity index is -0.0000000916. The van der Waals surface area contributed by atoms with Gasteiger partial charge in [-0.05, 0) is 6.42 Å². The summed E-state index contributed by atoms with van der Waals surface area (Å²) in [6.45, 7) is 13.0. The fourth-order valence-electron chi connectivity index (χ4n) is 1.12. The van der Waals surface area contributed by atoms with Crippen LogP contribution in [0, 0.1) is 0 Å².